The number of nitrogens with zero attached hydrogens (tertiary/aromatic N) is 7. The highest BCUT2D eigenvalue weighted by Crippen LogP contribution is 2.25. The molecule has 0 spiro atoms. The number of rotatable bonds is 5. The first-order valence-electron chi connectivity index (χ1n) is 9.78. The van der Waals surface area contributed by atoms with E-state index in [1.165, 1.54) is 21.5 Å². The second kappa shape index (κ2) is 7.52. The fourth-order valence-electron chi connectivity index (χ4n) is 3.59. The van der Waals surface area contributed by atoms with E-state index in [1.54, 1.807) is 19.4 Å². The number of alkyl halides is 2. The summed E-state index contributed by atoms with van der Waals surface area (Å²) in [5, 5.41) is 8.09. The topological polar surface area (TPSA) is 95.5 Å². The summed E-state index contributed by atoms with van der Waals surface area (Å²) in [5.41, 5.74) is 3.45. The number of aromatic nitrogens is 7. The van der Waals surface area contributed by atoms with Crippen LogP contribution in [0.4, 0.5) is 20.4 Å². The highest BCUT2D eigenvalue weighted by molar-refractivity contribution is 5.85. The van der Waals surface area contributed by atoms with Crippen LogP contribution in [-0.4, -0.2) is 40.3 Å². The highest BCUT2D eigenvalue weighted by atomic mass is 19.3. The summed E-state index contributed by atoms with van der Waals surface area (Å²) in [5.74, 6) is 0.295. The molecule has 4 heterocycles. The number of hydrogen-bond donors (Lipinski definition) is 1. The Labute approximate surface area is 180 Å². The zero-order valence-electron chi connectivity index (χ0n) is 17.2. The molecule has 32 heavy (non-hydrogen) atoms. The third-order valence-corrected chi connectivity index (χ3v) is 5.20. The lowest BCUT2D eigenvalue weighted by molar-refractivity contribution is 0.122. The Bertz CT molecular complexity index is 1520. The third-order valence-electron chi connectivity index (χ3n) is 5.20. The smallest absolute Gasteiger partial charge is 0.324 e. The zero-order chi connectivity index (χ0) is 22.4. The van der Waals surface area contributed by atoms with Crippen LogP contribution in [0.5, 0.6) is 0 Å². The van der Waals surface area contributed by atoms with Crippen molar-refractivity contribution in [3.8, 4) is 5.69 Å². The molecule has 11 heteroatoms. The van der Waals surface area contributed by atoms with Gasteiger partial charge in [-0.1, -0.05) is 6.07 Å². The minimum Gasteiger partial charge on any atom is -0.324 e. The number of aryl methyl sites for hydroxylation is 2. The molecule has 5 rings (SSSR count). The third kappa shape index (κ3) is 3.37. The Morgan fingerprint density at radius 2 is 2.03 bits per heavy atom. The van der Waals surface area contributed by atoms with E-state index >= 15 is 0 Å². The second-order valence-electron chi connectivity index (χ2n) is 7.38. The summed E-state index contributed by atoms with van der Waals surface area (Å²) >= 11 is 0. The number of halogens is 2. The fourth-order valence-corrected chi connectivity index (χ4v) is 3.59. The lowest BCUT2D eigenvalue weighted by Gasteiger charge is -2.10. The molecule has 4 aromatic heterocycles. The van der Waals surface area contributed by atoms with Crippen LogP contribution in [0.25, 0.3) is 27.8 Å². The quantitative estimate of drug-likeness (QED) is 0.455. The van der Waals surface area contributed by atoms with Gasteiger partial charge in [0.25, 0.3) is 6.43 Å². The molecular weight excluding hydrogens is 418 g/mol. The van der Waals surface area contributed by atoms with Crippen molar-refractivity contribution in [1.82, 2.24) is 33.9 Å². The van der Waals surface area contributed by atoms with Gasteiger partial charge in [0.1, 0.15) is 12.1 Å². The van der Waals surface area contributed by atoms with E-state index in [1.807, 2.05) is 31.2 Å². The second-order valence-corrected chi connectivity index (χ2v) is 7.38. The molecule has 1 aromatic carbocycles. The molecule has 1 N–H and O–H groups in total. The van der Waals surface area contributed by atoms with E-state index in [9.17, 15) is 13.6 Å². The maximum Gasteiger partial charge on any atom is 0.334 e. The van der Waals surface area contributed by atoms with Gasteiger partial charge in [-0.25, -0.2) is 23.1 Å². The maximum atomic E-state index is 12.8. The molecule has 5 aromatic rings. The Morgan fingerprint density at radius 1 is 1.19 bits per heavy atom. The predicted octanol–water partition coefficient (Wildman–Crippen LogP) is 3.18. The van der Waals surface area contributed by atoms with Crippen molar-refractivity contribution in [2.45, 2.75) is 19.9 Å². The Morgan fingerprint density at radius 3 is 2.84 bits per heavy atom. The Kier molecular flexibility index (Phi) is 4.65. The van der Waals surface area contributed by atoms with Crippen LogP contribution in [-0.2, 0) is 13.6 Å². The lowest BCUT2D eigenvalue weighted by atomic mass is 10.1. The van der Waals surface area contributed by atoms with Gasteiger partial charge < -0.3 is 5.32 Å². The summed E-state index contributed by atoms with van der Waals surface area (Å²) in [7, 11) is 1.60. The van der Waals surface area contributed by atoms with Crippen molar-refractivity contribution in [3.63, 3.8) is 0 Å². The van der Waals surface area contributed by atoms with Crippen LogP contribution < -0.4 is 11.0 Å². The largest absolute Gasteiger partial charge is 0.334 e. The first-order valence-corrected chi connectivity index (χ1v) is 9.78. The van der Waals surface area contributed by atoms with Gasteiger partial charge in [-0.05, 0) is 30.7 Å². The molecule has 0 fully saturated rings. The van der Waals surface area contributed by atoms with E-state index in [0.29, 0.717) is 22.8 Å². The van der Waals surface area contributed by atoms with E-state index in [4.69, 9.17) is 0 Å². The molecular formula is C21H18F2N8O. The van der Waals surface area contributed by atoms with Crippen molar-refractivity contribution < 1.29 is 8.78 Å². The van der Waals surface area contributed by atoms with Gasteiger partial charge in [0.15, 0.2) is 5.65 Å². The molecule has 0 amide bonds. The number of anilines is 2. The van der Waals surface area contributed by atoms with E-state index in [-0.39, 0.29) is 5.69 Å². The summed E-state index contributed by atoms with van der Waals surface area (Å²) in [6.07, 6.45) is 3.49. The number of nitrogens with one attached hydrogen (secondary N) is 1. The van der Waals surface area contributed by atoms with Gasteiger partial charge in [-0.2, -0.15) is 10.1 Å². The fraction of sp³-hybridized carbons (Fsp3) is 0.190. The Hall–Kier alpha value is -4.15. The van der Waals surface area contributed by atoms with Gasteiger partial charge in [-0.3, -0.25) is 14.2 Å². The summed E-state index contributed by atoms with van der Waals surface area (Å²) in [4.78, 5) is 26.1. The van der Waals surface area contributed by atoms with Gasteiger partial charge in [0.05, 0.1) is 23.6 Å². The minimum absolute atomic E-state index is 0.295. The van der Waals surface area contributed by atoms with Crippen molar-refractivity contribution in [3.05, 3.63) is 65.1 Å². The summed E-state index contributed by atoms with van der Waals surface area (Å²) in [6, 6.07) is 7.74. The lowest BCUT2D eigenvalue weighted by Crippen LogP contribution is -2.20. The van der Waals surface area contributed by atoms with Gasteiger partial charge in [0.2, 0.25) is 5.95 Å². The van der Waals surface area contributed by atoms with Crippen molar-refractivity contribution in [2.75, 3.05) is 5.32 Å². The minimum atomic E-state index is -2.55. The standard InChI is InChI=1S/C21H18F2N8O/c1-12-6-16-13(4-3-5-24-16)7-15(12)27-20-25-9-17-19(28-20)31(21(32)29(17)2)14-8-26-30(10-14)11-18(22)23/h3-10,18H,11H2,1-2H3,(H,25,27,28). The van der Waals surface area contributed by atoms with Crippen LogP contribution in [0.2, 0.25) is 0 Å². The van der Waals surface area contributed by atoms with E-state index in [2.05, 4.69) is 25.4 Å². The Balaban J connectivity index is 1.58. The number of benzene rings is 1. The molecule has 0 saturated carbocycles. The molecule has 0 unspecified atom stereocenters. The number of pyridine rings is 1. The van der Waals surface area contributed by atoms with Crippen molar-refractivity contribution >= 4 is 33.7 Å². The molecule has 162 valence electrons. The molecule has 0 radical (unpaired) electrons. The molecule has 9 nitrogen and oxygen atoms in total. The van der Waals surface area contributed by atoms with Crippen LogP contribution in [0, 0.1) is 6.92 Å². The average molecular weight is 436 g/mol. The maximum absolute atomic E-state index is 12.8. The van der Waals surface area contributed by atoms with Crippen molar-refractivity contribution in [2.24, 2.45) is 7.05 Å². The number of hydrogen-bond acceptors (Lipinski definition) is 6. The van der Waals surface area contributed by atoms with Gasteiger partial charge in [0, 0.05) is 30.5 Å². The normalized spacial score (nSPS) is 11.7. The van der Waals surface area contributed by atoms with Gasteiger partial charge in [-0.15, -0.1) is 0 Å². The summed E-state index contributed by atoms with van der Waals surface area (Å²) < 4.78 is 29.2. The molecule has 0 bridgehead atoms. The van der Waals surface area contributed by atoms with Crippen LogP contribution in [0.3, 0.4) is 0 Å². The molecule has 0 aliphatic rings. The monoisotopic (exact) mass is 436 g/mol. The van der Waals surface area contributed by atoms with E-state index < -0.39 is 13.0 Å². The molecule has 0 saturated heterocycles. The van der Waals surface area contributed by atoms with Crippen LogP contribution >= 0.6 is 0 Å². The van der Waals surface area contributed by atoms with E-state index in [0.717, 1.165) is 26.8 Å². The summed E-state index contributed by atoms with van der Waals surface area (Å²) in [6.45, 7) is 1.39. The van der Waals surface area contributed by atoms with Crippen molar-refractivity contribution in [1.29, 1.82) is 0 Å². The highest BCUT2D eigenvalue weighted by Gasteiger charge is 2.17. The SMILES string of the molecule is Cc1cc2ncccc2cc1Nc1ncc2c(n1)n(-c1cnn(CC(F)F)c1)c(=O)n2C. The van der Waals surface area contributed by atoms with Crippen LogP contribution in [0.15, 0.2) is 53.8 Å². The number of fused-ring (bicyclic) bond motifs is 2. The average Bonchev–Trinajstić information content (AvgIpc) is 3.30. The number of imidazole rings is 1. The molecule has 0 atom stereocenters. The zero-order valence-corrected chi connectivity index (χ0v) is 17.2. The first-order chi connectivity index (χ1) is 15.4. The predicted molar refractivity (Wildman–Crippen MR) is 116 cm³/mol. The first kappa shape index (κ1) is 19.8. The molecule has 0 aliphatic carbocycles. The van der Waals surface area contributed by atoms with Crippen LogP contribution in [0.1, 0.15) is 5.56 Å². The molecule has 0 aliphatic heterocycles. The van der Waals surface area contributed by atoms with Gasteiger partial charge >= 0.3 is 5.69 Å².